The van der Waals surface area contributed by atoms with Gasteiger partial charge in [0.25, 0.3) is 5.69 Å². The predicted molar refractivity (Wildman–Crippen MR) is 90.0 cm³/mol. The molecule has 0 saturated carbocycles. The molecule has 2 aromatic carbocycles. The van der Waals surface area contributed by atoms with E-state index in [-0.39, 0.29) is 22.9 Å². The Morgan fingerprint density at radius 2 is 1.71 bits per heavy atom. The quantitative estimate of drug-likeness (QED) is 0.492. The van der Waals surface area contributed by atoms with Crippen LogP contribution in [0.4, 0.5) is 11.4 Å². The van der Waals surface area contributed by atoms with Crippen LogP contribution >= 0.6 is 23.2 Å². The summed E-state index contributed by atoms with van der Waals surface area (Å²) in [5.41, 5.74) is 0.497. The van der Waals surface area contributed by atoms with Crippen molar-refractivity contribution in [2.75, 3.05) is 5.32 Å². The zero-order valence-corrected chi connectivity index (χ0v) is 13.6. The zero-order valence-electron chi connectivity index (χ0n) is 12.1. The minimum atomic E-state index is -0.944. The van der Waals surface area contributed by atoms with Crippen LogP contribution in [0.25, 0.3) is 0 Å². The summed E-state index contributed by atoms with van der Waals surface area (Å²) in [6.45, 7) is 0.143. The van der Waals surface area contributed by atoms with E-state index in [1.54, 1.807) is 24.3 Å². The van der Waals surface area contributed by atoms with E-state index in [0.717, 1.165) is 11.6 Å². The maximum atomic E-state index is 11.8. The fourth-order valence-corrected chi connectivity index (χ4v) is 2.10. The van der Waals surface area contributed by atoms with Crippen LogP contribution in [-0.2, 0) is 16.1 Å². The Labute approximate surface area is 146 Å². The van der Waals surface area contributed by atoms with E-state index in [2.05, 4.69) is 10.6 Å². The smallest absolute Gasteiger partial charge is 0.313 e. The number of benzene rings is 2. The van der Waals surface area contributed by atoms with Crippen molar-refractivity contribution in [3.8, 4) is 0 Å². The number of anilines is 1. The second-order valence-corrected chi connectivity index (χ2v) is 5.53. The second kappa shape index (κ2) is 7.76. The minimum absolute atomic E-state index is 0.0646. The number of amides is 2. The summed E-state index contributed by atoms with van der Waals surface area (Å²) < 4.78 is 0. The summed E-state index contributed by atoms with van der Waals surface area (Å²) in [6, 6.07) is 10.4. The van der Waals surface area contributed by atoms with Gasteiger partial charge in [0.15, 0.2) is 0 Å². The third-order valence-corrected chi connectivity index (χ3v) is 3.54. The first-order valence-corrected chi connectivity index (χ1v) is 7.40. The van der Waals surface area contributed by atoms with Crippen molar-refractivity contribution in [2.24, 2.45) is 0 Å². The van der Waals surface area contributed by atoms with Crippen molar-refractivity contribution in [3.63, 3.8) is 0 Å². The molecule has 0 aromatic heterocycles. The van der Waals surface area contributed by atoms with Crippen molar-refractivity contribution >= 4 is 46.4 Å². The molecule has 124 valence electrons. The molecule has 2 N–H and O–H groups in total. The molecule has 0 heterocycles. The molecular weight excluding hydrogens is 357 g/mol. The highest BCUT2D eigenvalue weighted by Gasteiger charge is 2.17. The third-order valence-electron chi connectivity index (χ3n) is 2.97. The molecule has 0 bridgehead atoms. The molecule has 0 aliphatic heterocycles. The molecule has 0 fully saturated rings. The van der Waals surface area contributed by atoms with Gasteiger partial charge in [0.05, 0.1) is 4.92 Å². The highest BCUT2D eigenvalue weighted by atomic mass is 35.5. The molecule has 0 aliphatic carbocycles. The summed E-state index contributed by atoms with van der Waals surface area (Å²) in [6.07, 6.45) is 0. The normalized spacial score (nSPS) is 10.1. The summed E-state index contributed by atoms with van der Waals surface area (Å²) in [4.78, 5) is 33.7. The first-order valence-electron chi connectivity index (χ1n) is 6.64. The maximum absolute atomic E-state index is 11.8. The molecule has 9 heteroatoms. The fraction of sp³-hybridized carbons (Fsp3) is 0.0667. The Morgan fingerprint density at radius 1 is 1.04 bits per heavy atom. The lowest BCUT2D eigenvalue weighted by Gasteiger charge is -2.07. The number of carbonyl (C=O) groups excluding carboxylic acids is 2. The number of nitro benzene ring substituents is 1. The Balaban J connectivity index is 1.96. The van der Waals surface area contributed by atoms with Crippen LogP contribution in [0.1, 0.15) is 5.56 Å². The molecule has 0 saturated heterocycles. The van der Waals surface area contributed by atoms with Gasteiger partial charge in [-0.3, -0.25) is 19.7 Å². The van der Waals surface area contributed by atoms with Crippen molar-refractivity contribution in [2.45, 2.75) is 6.54 Å². The molecule has 0 spiro atoms. The molecular formula is C15H11Cl2N3O4. The van der Waals surface area contributed by atoms with Crippen LogP contribution in [0.3, 0.4) is 0 Å². The Bertz CT molecular complexity index is 794. The number of rotatable bonds is 4. The molecule has 0 atom stereocenters. The van der Waals surface area contributed by atoms with Crippen molar-refractivity contribution in [1.82, 2.24) is 5.32 Å². The Kier molecular flexibility index (Phi) is 5.73. The number of hydrogen-bond acceptors (Lipinski definition) is 4. The van der Waals surface area contributed by atoms with Gasteiger partial charge in [-0.05, 0) is 29.8 Å². The minimum Gasteiger partial charge on any atom is -0.344 e. The monoisotopic (exact) mass is 367 g/mol. The molecule has 7 nitrogen and oxygen atoms in total. The molecule has 24 heavy (non-hydrogen) atoms. The lowest BCUT2D eigenvalue weighted by atomic mass is 10.2. The summed E-state index contributed by atoms with van der Waals surface area (Å²) in [5, 5.41) is 16.0. The van der Waals surface area contributed by atoms with Gasteiger partial charge >= 0.3 is 11.8 Å². The van der Waals surface area contributed by atoms with Gasteiger partial charge in [0, 0.05) is 23.3 Å². The van der Waals surface area contributed by atoms with Gasteiger partial charge in [-0.25, -0.2) is 0 Å². The average molecular weight is 368 g/mol. The summed E-state index contributed by atoms with van der Waals surface area (Å²) >= 11 is 11.4. The van der Waals surface area contributed by atoms with Crippen LogP contribution in [0.15, 0.2) is 42.5 Å². The second-order valence-electron chi connectivity index (χ2n) is 4.69. The molecule has 0 radical (unpaired) electrons. The van der Waals surface area contributed by atoms with Crippen LogP contribution in [0, 0.1) is 10.1 Å². The molecule has 2 rings (SSSR count). The van der Waals surface area contributed by atoms with Gasteiger partial charge in [0.1, 0.15) is 5.02 Å². The van der Waals surface area contributed by atoms with Gasteiger partial charge in [-0.1, -0.05) is 35.3 Å². The highest BCUT2D eigenvalue weighted by Crippen LogP contribution is 2.27. The standard InChI is InChI=1S/C15H11Cl2N3O4/c16-10-3-1-9(2-4-10)8-18-14(21)15(22)19-11-5-6-12(17)13(7-11)20(23)24/h1-7H,8H2,(H,18,21)(H,19,22). The van der Waals surface area contributed by atoms with Crippen molar-refractivity contribution < 1.29 is 14.5 Å². The molecule has 0 aliphatic rings. The topological polar surface area (TPSA) is 101 Å². The first kappa shape index (κ1) is 17.7. The average Bonchev–Trinajstić information content (AvgIpc) is 2.55. The van der Waals surface area contributed by atoms with Gasteiger partial charge in [-0.2, -0.15) is 0 Å². The van der Waals surface area contributed by atoms with E-state index < -0.39 is 16.7 Å². The van der Waals surface area contributed by atoms with E-state index >= 15 is 0 Å². The van der Waals surface area contributed by atoms with Crippen LogP contribution < -0.4 is 10.6 Å². The fourth-order valence-electron chi connectivity index (χ4n) is 1.78. The van der Waals surface area contributed by atoms with E-state index in [1.807, 2.05) is 0 Å². The number of nitrogens with one attached hydrogen (secondary N) is 2. The third kappa shape index (κ3) is 4.68. The summed E-state index contributed by atoms with van der Waals surface area (Å²) in [5.74, 6) is -1.82. The van der Waals surface area contributed by atoms with E-state index in [0.29, 0.717) is 5.02 Å². The summed E-state index contributed by atoms with van der Waals surface area (Å²) in [7, 11) is 0. The zero-order chi connectivity index (χ0) is 17.7. The lowest BCUT2D eigenvalue weighted by Crippen LogP contribution is -2.34. The van der Waals surface area contributed by atoms with Crippen LogP contribution in [0.2, 0.25) is 10.0 Å². The van der Waals surface area contributed by atoms with Gasteiger partial charge in [-0.15, -0.1) is 0 Å². The van der Waals surface area contributed by atoms with Crippen molar-refractivity contribution in [1.29, 1.82) is 0 Å². The van der Waals surface area contributed by atoms with Crippen LogP contribution in [-0.4, -0.2) is 16.7 Å². The van der Waals surface area contributed by atoms with Gasteiger partial charge < -0.3 is 10.6 Å². The predicted octanol–water partition coefficient (Wildman–Crippen LogP) is 3.16. The van der Waals surface area contributed by atoms with Crippen molar-refractivity contribution in [3.05, 3.63) is 68.2 Å². The van der Waals surface area contributed by atoms with E-state index in [9.17, 15) is 19.7 Å². The number of carbonyl (C=O) groups is 2. The van der Waals surface area contributed by atoms with E-state index in [4.69, 9.17) is 23.2 Å². The van der Waals surface area contributed by atoms with Gasteiger partial charge in [0.2, 0.25) is 0 Å². The first-order chi connectivity index (χ1) is 11.4. The largest absolute Gasteiger partial charge is 0.344 e. The lowest BCUT2D eigenvalue weighted by molar-refractivity contribution is -0.384. The SMILES string of the molecule is O=C(NCc1ccc(Cl)cc1)C(=O)Nc1ccc(Cl)c([N+](=O)[O-])c1. The Morgan fingerprint density at radius 3 is 2.33 bits per heavy atom. The van der Waals surface area contributed by atoms with E-state index in [1.165, 1.54) is 12.1 Å². The molecule has 2 amide bonds. The molecule has 2 aromatic rings. The highest BCUT2D eigenvalue weighted by molar-refractivity contribution is 6.39. The molecule has 0 unspecified atom stereocenters. The number of hydrogen-bond donors (Lipinski definition) is 2. The Hall–Kier alpha value is -2.64. The number of halogens is 2. The number of nitro groups is 1. The van der Waals surface area contributed by atoms with Crippen LogP contribution in [0.5, 0.6) is 0 Å². The number of nitrogens with zero attached hydrogens (tertiary/aromatic N) is 1. The maximum Gasteiger partial charge on any atom is 0.313 e.